The molecule has 0 spiro atoms. The van der Waals surface area contributed by atoms with Gasteiger partial charge in [-0.15, -0.1) is 11.8 Å². The number of hydrogen-bond donors (Lipinski definition) is 1. The van der Waals surface area contributed by atoms with Gasteiger partial charge in [0.25, 0.3) is 0 Å². The molecule has 2 amide bonds. The quantitative estimate of drug-likeness (QED) is 0.414. The molecule has 0 saturated carbocycles. The molecule has 4 nitrogen and oxygen atoms in total. The van der Waals surface area contributed by atoms with Gasteiger partial charge in [0.2, 0.25) is 11.8 Å². The van der Waals surface area contributed by atoms with E-state index >= 15 is 0 Å². The fourth-order valence-electron chi connectivity index (χ4n) is 2.88. The van der Waals surface area contributed by atoms with Gasteiger partial charge in [-0.1, -0.05) is 54.7 Å². The van der Waals surface area contributed by atoms with Crippen molar-refractivity contribution in [2.45, 2.75) is 44.2 Å². The minimum Gasteiger partial charge on any atom is -0.354 e. The molecule has 0 bridgehead atoms. The van der Waals surface area contributed by atoms with E-state index in [2.05, 4.69) is 5.32 Å². The summed E-state index contributed by atoms with van der Waals surface area (Å²) in [5.41, 5.74) is 0.816. The van der Waals surface area contributed by atoms with Crippen molar-refractivity contribution < 1.29 is 9.59 Å². The molecule has 2 aromatic rings. The van der Waals surface area contributed by atoms with Crippen LogP contribution in [0.2, 0.25) is 15.1 Å². The van der Waals surface area contributed by atoms with Gasteiger partial charge in [-0.2, -0.15) is 0 Å². The highest BCUT2D eigenvalue weighted by atomic mass is 35.5. The van der Waals surface area contributed by atoms with Gasteiger partial charge in [0, 0.05) is 23.0 Å². The van der Waals surface area contributed by atoms with Gasteiger partial charge in [-0.25, -0.2) is 0 Å². The molecule has 0 aliphatic carbocycles. The van der Waals surface area contributed by atoms with E-state index in [-0.39, 0.29) is 24.1 Å². The molecule has 8 heteroatoms. The lowest BCUT2D eigenvalue weighted by atomic mass is 10.1. The van der Waals surface area contributed by atoms with Crippen LogP contribution in [0.5, 0.6) is 0 Å². The molecule has 0 heterocycles. The molecular formula is C22H25Cl3N2O2S. The standard InChI is InChI=1S/C22H25Cl3N2O2S/c1-3-11-26-22(29)20(4-2)27(13-15-5-10-18(24)19(25)12-15)21(28)14-30-17-8-6-16(23)7-9-17/h5-10,12,20H,3-4,11,13-14H2,1-2H3,(H,26,29)/t20-/m0/s1. The Kier molecular flexibility index (Phi) is 10.3. The minimum atomic E-state index is -0.565. The third-order valence-corrected chi connectivity index (χ3v) is 6.44. The molecule has 1 atom stereocenters. The zero-order valence-corrected chi connectivity index (χ0v) is 20.0. The number of rotatable bonds is 10. The van der Waals surface area contributed by atoms with E-state index < -0.39 is 6.04 Å². The van der Waals surface area contributed by atoms with Crippen molar-refractivity contribution in [2.24, 2.45) is 0 Å². The summed E-state index contributed by atoms with van der Waals surface area (Å²) in [5, 5.41) is 4.41. The van der Waals surface area contributed by atoms with Crippen LogP contribution in [-0.4, -0.2) is 35.1 Å². The molecule has 30 heavy (non-hydrogen) atoms. The normalized spacial score (nSPS) is 11.8. The molecule has 0 radical (unpaired) electrons. The van der Waals surface area contributed by atoms with Crippen LogP contribution < -0.4 is 5.32 Å². The predicted molar refractivity (Wildman–Crippen MR) is 127 cm³/mol. The third-order valence-electron chi connectivity index (χ3n) is 4.45. The Labute approximate surface area is 197 Å². The summed E-state index contributed by atoms with van der Waals surface area (Å²) in [4.78, 5) is 28.4. The van der Waals surface area contributed by atoms with Crippen LogP contribution in [0.15, 0.2) is 47.4 Å². The van der Waals surface area contributed by atoms with Gasteiger partial charge in [-0.05, 0) is 54.8 Å². The monoisotopic (exact) mass is 486 g/mol. The van der Waals surface area contributed by atoms with E-state index in [1.54, 1.807) is 29.2 Å². The van der Waals surface area contributed by atoms with Gasteiger partial charge in [0.15, 0.2) is 0 Å². The fraction of sp³-hybridized carbons (Fsp3) is 0.364. The van der Waals surface area contributed by atoms with Crippen LogP contribution in [0.3, 0.4) is 0 Å². The van der Waals surface area contributed by atoms with Crippen molar-refractivity contribution in [1.82, 2.24) is 10.2 Å². The van der Waals surface area contributed by atoms with Crippen LogP contribution in [-0.2, 0) is 16.1 Å². The number of amides is 2. The highest BCUT2D eigenvalue weighted by Crippen LogP contribution is 2.25. The minimum absolute atomic E-state index is 0.125. The third kappa shape index (κ3) is 7.38. The second kappa shape index (κ2) is 12.5. The Morgan fingerprint density at radius 1 is 1.03 bits per heavy atom. The number of carbonyl (C=O) groups excluding carboxylic acids is 2. The molecule has 0 saturated heterocycles. The molecule has 0 aromatic heterocycles. The smallest absolute Gasteiger partial charge is 0.242 e. The molecule has 0 aliphatic heterocycles. The Hall–Kier alpha value is -1.40. The maximum atomic E-state index is 13.2. The molecular weight excluding hydrogens is 463 g/mol. The zero-order valence-electron chi connectivity index (χ0n) is 17.0. The Morgan fingerprint density at radius 2 is 1.73 bits per heavy atom. The first-order valence-electron chi connectivity index (χ1n) is 9.75. The van der Waals surface area contributed by atoms with Crippen LogP contribution in [0, 0.1) is 0 Å². The van der Waals surface area contributed by atoms with E-state index in [1.807, 2.05) is 32.0 Å². The maximum absolute atomic E-state index is 13.2. The van der Waals surface area contributed by atoms with Crippen molar-refractivity contribution in [1.29, 1.82) is 0 Å². The van der Waals surface area contributed by atoms with E-state index in [1.165, 1.54) is 11.8 Å². The fourth-order valence-corrected chi connectivity index (χ4v) is 4.11. The summed E-state index contributed by atoms with van der Waals surface area (Å²) < 4.78 is 0. The predicted octanol–water partition coefficient (Wildman–Crippen LogP) is 6.07. The maximum Gasteiger partial charge on any atom is 0.242 e. The van der Waals surface area contributed by atoms with Crippen molar-refractivity contribution >= 4 is 58.4 Å². The molecule has 1 N–H and O–H groups in total. The first kappa shape index (κ1) is 24.9. The van der Waals surface area contributed by atoms with Crippen LogP contribution in [0.4, 0.5) is 0 Å². The number of hydrogen-bond acceptors (Lipinski definition) is 3. The summed E-state index contributed by atoms with van der Waals surface area (Å²) in [6.07, 6.45) is 1.34. The number of benzene rings is 2. The zero-order chi connectivity index (χ0) is 22.1. The van der Waals surface area contributed by atoms with Gasteiger partial charge in [0.1, 0.15) is 6.04 Å². The molecule has 162 valence electrons. The molecule has 2 rings (SSSR count). The average molecular weight is 488 g/mol. The SMILES string of the molecule is CCCNC(=O)[C@H](CC)N(Cc1ccc(Cl)c(Cl)c1)C(=O)CSc1ccc(Cl)cc1. The van der Waals surface area contributed by atoms with Gasteiger partial charge < -0.3 is 10.2 Å². The highest BCUT2D eigenvalue weighted by molar-refractivity contribution is 8.00. The van der Waals surface area contributed by atoms with E-state index in [9.17, 15) is 9.59 Å². The van der Waals surface area contributed by atoms with Crippen molar-refractivity contribution in [2.75, 3.05) is 12.3 Å². The number of halogens is 3. The van der Waals surface area contributed by atoms with Crippen molar-refractivity contribution in [3.63, 3.8) is 0 Å². The van der Waals surface area contributed by atoms with Crippen LogP contribution in [0.25, 0.3) is 0 Å². The topological polar surface area (TPSA) is 49.4 Å². The van der Waals surface area contributed by atoms with E-state index in [0.717, 1.165) is 16.9 Å². The van der Waals surface area contributed by atoms with Crippen LogP contribution >= 0.6 is 46.6 Å². The molecule has 2 aromatic carbocycles. The summed E-state index contributed by atoms with van der Waals surface area (Å²) in [5.74, 6) is -0.0654. The van der Waals surface area contributed by atoms with Gasteiger partial charge in [0.05, 0.1) is 15.8 Å². The summed E-state index contributed by atoms with van der Waals surface area (Å²) >= 11 is 19.5. The Morgan fingerprint density at radius 3 is 2.33 bits per heavy atom. The highest BCUT2D eigenvalue weighted by Gasteiger charge is 2.28. The first-order valence-corrected chi connectivity index (χ1v) is 11.9. The first-order chi connectivity index (χ1) is 14.3. The number of nitrogens with zero attached hydrogens (tertiary/aromatic N) is 1. The lowest BCUT2D eigenvalue weighted by molar-refractivity contribution is -0.139. The average Bonchev–Trinajstić information content (AvgIpc) is 2.74. The van der Waals surface area contributed by atoms with Gasteiger partial charge >= 0.3 is 0 Å². The van der Waals surface area contributed by atoms with E-state index in [4.69, 9.17) is 34.8 Å². The van der Waals surface area contributed by atoms with E-state index in [0.29, 0.717) is 28.0 Å². The second-order valence-electron chi connectivity index (χ2n) is 6.73. The Balaban J connectivity index is 2.21. The molecule has 0 aliphatic rings. The van der Waals surface area contributed by atoms with Crippen molar-refractivity contribution in [3.8, 4) is 0 Å². The lowest BCUT2D eigenvalue weighted by Crippen LogP contribution is -2.49. The number of thioether (sulfide) groups is 1. The summed E-state index contributed by atoms with van der Waals surface area (Å²) in [7, 11) is 0. The number of carbonyl (C=O) groups is 2. The van der Waals surface area contributed by atoms with Crippen LogP contribution in [0.1, 0.15) is 32.3 Å². The summed E-state index contributed by atoms with van der Waals surface area (Å²) in [6.45, 7) is 4.74. The summed E-state index contributed by atoms with van der Waals surface area (Å²) in [6, 6.07) is 12.0. The molecule has 0 unspecified atom stereocenters. The Bertz CT molecular complexity index is 862. The lowest BCUT2D eigenvalue weighted by Gasteiger charge is -2.30. The largest absolute Gasteiger partial charge is 0.354 e. The van der Waals surface area contributed by atoms with Gasteiger partial charge in [-0.3, -0.25) is 9.59 Å². The van der Waals surface area contributed by atoms with Crippen molar-refractivity contribution in [3.05, 3.63) is 63.1 Å². The molecule has 0 fully saturated rings. The second-order valence-corrected chi connectivity index (χ2v) is 9.03. The number of nitrogens with one attached hydrogen (secondary N) is 1.